The molecule has 1 amide bonds. The van der Waals surface area contributed by atoms with E-state index in [-0.39, 0.29) is 45.4 Å². The quantitative estimate of drug-likeness (QED) is 0.267. The summed E-state index contributed by atoms with van der Waals surface area (Å²) >= 11 is 0. The largest absolute Gasteiger partial charge is 0.507 e. The maximum atomic E-state index is 14.0. The second kappa shape index (κ2) is 9.24. The summed E-state index contributed by atoms with van der Waals surface area (Å²) in [5, 5.41) is 27.1. The monoisotopic (exact) mass is 504 g/mol. The molecular formula is C28H28N2O7. The maximum absolute atomic E-state index is 14.0. The van der Waals surface area contributed by atoms with Crippen LogP contribution in [0.15, 0.2) is 53.4 Å². The Bertz CT molecular complexity index is 1420. The standard InChI is InChI=1S/C28H28N2O7/c1-13-23(33)21(15(3)31)25-22(24(13)34)28(4)19(37-25)12-18(32)20(26(28)35)14(2)30-17(27(36)29-5)11-16-9-7-6-8-10-16/h6-10,12,17,30,33-34H,11H2,1-5H3,(H,29,36). The number of hydrogen-bond acceptors (Lipinski definition) is 8. The molecule has 0 saturated heterocycles. The Morgan fingerprint density at radius 2 is 1.73 bits per heavy atom. The van der Waals surface area contributed by atoms with Gasteiger partial charge in [-0.15, -0.1) is 0 Å². The fourth-order valence-corrected chi connectivity index (χ4v) is 4.93. The molecule has 0 bridgehead atoms. The fraction of sp³-hybridized carbons (Fsp3) is 0.286. The van der Waals surface area contributed by atoms with E-state index in [0.717, 1.165) is 11.6 Å². The van der Waals surface area contributed by atoms with Crippen molar-refractivity contribution >= 4 is 23.3 Å². The number of aromatic hydroxyl groups is 2. The summed E-state index contributed by atoms with van der Waals surface area (Å²) in [6, 6.07) is 8.52. The number of ether oxygens (including phenoxy) is 1. The Labute approximate surface area is 213 Å². The number of Topliss-reactive ketones (excluding diaryl/α,β-unsaturated/α-hetero) is 2. The van der Waals surface area contributed by atoms with Crippen LogP contribution < -0.4 is 15.4 Å². The molecule has 9 nitrogen and oxygen atoms in total. The van der Waals surface area contributed by atoms with E-state index in [1.54, 1.807) is 0 Å². The first kappa shape index (κ1) is 25.7. The molecule has 1 aliphatic carbocycles. The third-order valence-corrected chi connectivity index (χ3v) is 7.00. The summed E-state index contributed by atoms with van der Waals surface area (Å²) in [7, 11) is 1.50. The molecule has 9 heteroatoms. The lowest BCUT2D eigenvalue weighted by atomic mass is 9.70. The number of fused-ring (bicyclic) bond motifs is 3. The molecular weight excluding hydrogens is 476 g/mol. The molecule has 0 radical (unpaired) electrons. The first-order valence-electron chi connectivity index (χ1n) is 11.7. The van der Waals surface area contributed by atoms with Crippen molar-refractivity contribution in [1.82, 2.24) is 10.6 Å². The number of ketones is 3. The predicted octanol–water partition coefficient (Wildman–Crippen LogP) is 2.52. The van der Waals surface area contributed by atoms with E-state index >= 15 is 0 Å². The SMILES string of the molecule is CNC(=O)C(Cc1ccccc1)NC(C)=C1C(=O)C=C2Oc3c(C(C)=O)c(O)c(C)c(O)c3C2(C)C1=O. The predicted molar refractivity (Wildman–Crippen MR) is 134 cm³/mol. The van der Waals surface area contributed by atoms with Crippen LogP contribution in [0.1, 0.15) is 47.8 Å². The average molecular weight is 505 g/mol. The molecule has 1 aliphatic heterocycles. The van der Waals surface area contributed by atoms with Crippen LogP contribution in [0.2, 0.25) is 0 Å². The Morgan fingerprint density at radius 1 is 1.08 bits per heavy atom. The molecule has 2 aromatic rings. The molecule has 37 heavy (non-hydrogen) atoms. The molecule has 2 atom stereocenters. The van der Waals surface area contributed by atoms with Gasteiger partial charge in [-0.3, -0.25) is 19.2 Å². The number of amides is 1. The normalized spacial score (nSPS) is 20.3. The number of hydrogen-bond donors (Lipinski definition) is 4. The summed E-state index contributed by atoms with van der Waals surface area (Å²) in [6.07, 6.45) is 1.45. The first-order chi connectivity index (χ1) is 17.4. The molecule has 4 N–H and O–H groups in total. The minimum Gasteiger partial charge on any atom is -0.507 e. The summed E-state index contributed by atoms with van der Waals surface area (Å²) in [5.74, 6) is -3.21. The van der Waals surface area contributed by atoms with Gasteiger partial charge in [0.2, 0.25) is 5.91 Å². The zero-order valence-electron chi connectivity index (χ0n) is 21.2. The third kappa shape index (κ3) is 3.96. The number of carbonyl (C=O) groups excluding carboxylic acids is 4. The number of allylic oxidation sites excluding steroid dienone is 4. The molecule has 0 saturated carbocycles. The van der Waals surface area contributed by atoms with Crippen LogP contribution in [-0.4, -0.2) is 46.6 Å². The lowest BCUT2D eigenvalue weighted by Crippen LogP contribution is -2.46. The first-order valence-corrected chi connectivity index (χ1v) is 11.7. The number of rotatable bonds is 6. The zero-order valence-corrected chi connectivity index (χ0v) is 21.2. The highest BCUT2D eigenvalue weighted by Crippen LogP contribution is 2.57. The van der Waals surface area contributed by atoms with Crippen molar-refractivity contribution in [1.29, 1.82) is 0 Å². The second-order valence-corrected chi connectivity index (χ2v) is 9.39. The highest BCUT2D eigenvalue weighted by molar-refractivity contribution is 6.31. The maximum Gasteiger partial charge on any atom is 0.242 e. The lowest BCUT2D eigenvalue weighted by Gasteiger charge is -2.29. The van der Waals surface area contributed by atoms with Crippen LogP contribution >= 0.6 is 0 Å². The Morgan fingerprint density at radius 3 is 2.32 bits per heavy atom. The van der Waals surface area contributed by atoms with E-state index in [9.17, 15) is 29.4 Å². The average Bonchev–Trinajstić information content (AvgIpc) is 3.15. The van der Waals surface area contributed by atoms with Gasteiger partial charge < -0.3 is 25.6 Å². The highest BCUT2D eigenvalue weighted by atomic mass is 16.5. The van der Waals surface area contributed by atoms with Crippen LogP contribution in [0.5, 0.6) is 17.2 Å². The Kier molecular flexibility index (Phi) is 6.41. The van der Waals surface area contributed by atoms with Gasteiger partial charge >= 0.3 is 0 Å². The van der Waals surface area contributed by atoms with Crippen LogP contribution in [-0.2, 0) is 26.2 Å². The molecule has 0 spiro atoms. The number of phenols is 2. The molecule has 192 valence electrons. The van der Waals surface area contributed by atoms with Crippen LogP contribution in [0, 0.1) is 6.92 Å². The fourth-order valence-electron chi connectivity index (χ4n) is 4.93. The Balaban J connectivity index is 1.82. The van der Waals surface area contributed by atoms with Gasteiger partial charge in [0.15, 0.2) is 17.3 Å². The van der Waals surface area contributed by atoms with E-state index in [1.165, 1.54) is 34.7 Å². The van der Waals surface area contributed by atoms with Gasteiger partial charge in [0.1, 0.15) is 40.0 Å². The van der Waals surface area contributed by atoms with Gasteiger partial charge in [0, 0.05) is 30.8 Å². The minimum atomic E-state index is -1.63. The number of likely N-dealkylation sites (N-methyl/N-ethyl adjacent to an activating group) is 1. The van der Waals surface area contributed by atoms with Gasteiger partial charge in [0.05, 0.1) is 11.1 Å². The Hall–Kier alpha value is -4.40. The van der Waals surface area contributed by atoms with E-state index in [2.05, 4.69) is 10.6 Å². The minimum absolute atomic E-state index is 0.00851. The van der Waals surface area contributed by atoms with Crippen molar-refractivity contribution in [2.45, 2.75) is 45.6 Å². The van der Waals surface area contributed by atoms with Gasteiger partial charge in [-0.1, -0.05) is 30.3 Å². The van der Waals surface area contributed by atoms with Crippen LogP contribution in [0.4, 0.5) is 0 Å². The molecule has 0 fully saturated rings. The van der Waals surface area contributed by atoms with E-state index in [1.807, 2.05) is 30.3 Å². The van der Waals surface area contributed by atoms with Crippen molar-refractivity contribution in [3.8, 4) is 17.2 Å². The summed E-state index contributed by atoms with van der Waals surface area (Å²) in [4.78, 5) is 52.1. The molecule has 2 unspecified atom stereocenters. The van der Waals surface area contributed by atoms with Gasteiger partial charge in [-0.05, 0) is 33.3 Å². The summed E-state index contributed by atoms with van der Waals surface area (Å²) in [6.45, 7) is 5.68. The van der Waals surface area contributed by atoms with Crippen LogP contribution in [0.3, 0.4) is 0 Å². The van der Waals surface area contributed by atoms with Crippen molar-refractivity contribution in [2.75, 3.05) is 7.05 Å². The van der Waals surface area contributed by atoms with Crippen molar-refractivity contribution < 1.29 is 34.1 Å². The van der Waals surface area contributed by atoms with Gasteiger partial charge in [-0.2, -0.15) is 0 Å². The second-order valence-electron chi connectivity index (χ2n) is 9.39. The van der Waals surface area contributed by atoms with E-state index in [4.69, 9.17) is 4.74 Å². The highest BCUT2D eigenvalue weighted by Gasteiger charge is 2.56. The van der Waals surface area contributed by atoms with Crippen molar-refractivity contribution in [3.63, 3.8) is 0 Å². The summed E-state index contributed by atoms with van der Waals surface area (Å²) in [5.41, 5.74) is -0.907. The van der Waals surface area contributed by atoms with Crippen molar-refractivity contribution in [2.24, 2.45) is 0 Å². The lowest BCUT2D eigenvalue weighted by molar-refractivity contribution is -0.124. The third-order valence-electron chi connectivity index (χ3n) is 7.00. The van der Waals surface area contributed by atoms with Gasteiger partial charge in [-0.25, -0.2) is 0 Å². The zero-order chi connectivity index (χ0) is 27.2. The van der Waals surface area contributed by atoms with Crippen LogP contribution in [0.25, 0.3) is 0 Å². The van der Waals surface area contributed by atoms with Gasteiger partial charge in [0.25, 0.3) is 0 Å². The summed E-state index contributed by atoms with van der Waals surface area (Å²) < 4.78 is 5.78. The van der Waals surface area contributed by atoms with E-state index in [0.29, 0.717) is 6.42 Å². The molecule has 1 heterocycles. The molecule has 2 aromatic carbocycles. The number of phenolic OH excluding ortho intramolecular Hbond substituents is 2. The topological polar surface area (TPSA) is 142 Å². The van der Waals surface area contributed by atoms with E-state index < -0.39 is 40.3 Å². The number of benzene rings is 2. The van der Waals surface area contributed by atoms with Crippen molar-refractivity contribution in [3.05, 3.63) is 75.7 Å². The molecule has 0 aromatic heterocycles. The number of nitrogens with one attached hydrogen (secondary N) is 2. The molecule has 2 aliphatic rings. The number of carbonyl (C=O) groups is 4. The molecule has 4 rings (SSSR count). The smallest absolute Gasteiger partial charge is 0.242 e.